The van der Waals surface area contributed by atoms with Crippen LogP contribution in [0.25, 0.3) is 0 Å². The molecule has 1 atom stereocenters. The second kappa shape index (κ2) is 7.58. The Hall–Kier alpha value is -1.90. The quantitative estimate of drug-likeness (QED) is 0.405. The van der Waals surface area contributed by atoms with Crippen molar-refractivity contribution in [3.63, 3.8) is 0 Å². The van der Waals surface area contributed by atoms with Gasteiger partial charge in [0.05, 0.1) is 4.20 Å². The van der Waals surface area contributed by atoms with Crippen molar-refractivity contribution < 1.29 is 0 Å². The van der Waals surface area contributed by atoms with Crippen molar-refractivity contribution in [2.45, 2.75) is 17.7 Å². The third-order valence-corrected chi connectivity index (χ3v) is 5.40. The average Bonchev–Trinajstić information content (AvgIpc) is 2.63. The summed E-state index contributed by atoms with van der Waals surface area (Å²) < 4.78 is 0.915. The molecule has 114 valence electrons. The topological polar surface area (TPSA) is 0 Å². The Morgan fingerprint density at radius 2 is 1.35 bits per heavy atom. The standard InChI is InChI=1S/C21H18S2/c1-16(17-10-4-2-5-11-17)19-14-8-9-15-20(19)23-21(22)18-12-6-3-7-13-18/h2-16H,1H3. The molecule has 0 amide bonds. The van der Waals surface area contributed by atoms with E-state index in [2.05, 4.69) is 73.7 Å². The molecule has 0 aliphatic carbocycles. The molecule has 0 aliphatic rings. The Morgan fingerprint density at radius 3 is 2.04 bits per heavy atom. The molecule has 3 aromatic rings. The van der Waals surface area contributed by atoms with Crippen molar-refractivity contribution in [1.29, 1.82) is 0 Å². The first kappa shape index (κ1) is 16.0. The summed E-state index contributed by atoms with van der Waals surface area (Å²) in [5, 5.41) is 0. The summed E-state index contributed by atoms with van der Waals surface area (Å²) in [6.07, 6.45) is 0. The van der Waals surface area contributed by atoms with E-state index < -0.39 is 0 Å². The van der Waals surface area contributed by atoms with E-state index in [-0.39, 0.29) is 0 Å². The third kappa shape index (κ3) is 3.90. The molecule has 23 heavy (non-hydrogen) atoms. The Kier molecular flexibility index (Phi) is 5.27. The Balaban J connectivity index is 1.88. The summed E-state index contributed by atoms with van der Waals surface area (Å²) in [6.45, 7) is 2.25. The molecule has 0 nitrogen and oxygen atoms in total. The molecule has 0 aromatic heterocycles. The van der Waals surface area contributed by atoms with E-state index in [0.29, 0.717) is 5.92 Å². The molecule has 0 N–H and O–H groups in total. The van der Waals surface area contributed by atoms with Gasteiger partial charge in [0.1, 0.15) is 0 Å². The molecule has 0 saturated heterocycles. The molecule has 1 unspecified atom stereocenters. The predicted octanol–water partition coefficient (Wildman–Crippen LogP) is 6.31. The van der Waals surface area contributed by atoms with Gasteiger partial charge in [-0.05, 0) is 22.8 Å². The summed E-state index contributed by atoms with van der Waals surface area (Å²) in [5.74, 6) is 0.346. The normalized spacial score (nSPS) is 11.9. The van der Waals surface area contributed by atoms with Crippen LogP contribution in [0.5, 0.6) is 0 Å². The van der Waals surface area contributed by atoms with Crippen LogP contribution < -0.4 is 0 Å². The second-order valence-electron chi connectivity index (χ2n) is 5.43. The maximum atomic E-state index is 5.63. The number of benzene rings is 3. The highest BCUT2D eigenvalue weighted by atomic mass is 32.2. The van der Waals surface area contributed by atoms with Crippen LogP contribution in [0.3, 0.4) is 0 Å². The van der Waals surface area contributed by atoms with Crippen molar-refractivity contribution in [1.82, 2.24) is 0 Å². The van der Waals surface area contributed by atoms with Crippen LogP contribution in [-0.2, 0) is 0 Å². The summed E-state index contributed by atoms with van der Waals surface area (Å²) >= 11 is 7.31. The maximum Gasteiger partial charge on any atom is 0.0826 e. The molecule has 0 aliphatic heterocycles. The lowest BCUT2D eigenvalue weighted by molar-refractivity contribution is 0.895. The maximum absolute atomic E-state index is 5.63. The van der Waals surface area contributed by atoms with Gasteiger partial charge in [-0.25, -0.2) is 0 Å². The molecule has 0 heterocycles. The lowest BCUT2D eigenvalue weighted by atomic mass is 9.93. The zero-order valence-corrected chi connectivity index (χ0v) is 14.6. The zero-order valence-electron chi connectivity index (χ0n) is 13.0. The van der Waals surface area contributed by atoms with Crippen molar-refractivity contribution in [2.75, 3.05) is 0 Å². The van der Waals surface area contributed by atoms with E-state index in [1.807, 2.05) is 18.2 Å². The Labute approximate surface area is 147 Å². The van der Waals surface area contributed by atoms with Crippen LogP contribution >= 0.6 is 24.0 Å². The zero-order chi connectivity index (χ0) is 16.1. The average molecular weight is 335 g/mol. The smallest absolute Gasteiger partial charge is 0.0774 e. The van der Waals surface area contributed by atoms with Crippen LogP contribution in [0.4, 0.5) is 0 Å². The van der Waals surface area contributed by atoms with Gasteiger partial charge < -0.3 is 0 Å². The van der Waals surface area contributed by atoms with Crippen LogP contribution in [0.15, 0.2) is 89.8 Å². The number of thioether (sulfide) groups is 1. The summed E-state index contributed by atoms with van der Waals surface area (Å²) in [6, 6.07) is 29.4. The minimum Gasteiger partial charge on any atom is -0.0774 e. The lowest BCUT2D eigenvalue weighted by Crippen LogP contribution is -1.99. The van der Waals surface area contributed by atoms with Crippen LogP contribution in [-0.4, -0.2) is 4.20 Å². The highest BCUT2D eigenvalue weighted by molar-refractivity contribution is 8.23. The molecule has 2 heteroatoms. The van der Waals surface area contributed by atoms with Crippen LogP contribution in [0.1, 0.15) is 29.5 Å². The SMILES string of the molecule is CC(c1ccccc1)c1ccccc1SC(=S)c1ccccc1. The van der Waals surface area contributed by atoms with E-state index in [0.717, 1.165) is 9.76 Å². The van der Waals surface area contributed by atoms with E-state index in [4.69, 9.17) is 12.2 Å². The lowest BCUT2D eigenvalue weighted by Gasteiger charge is -2.17. The van der Waals surface area contributed by atoms with Crippen molar-refractivity contribution in [2.24, 2.45) is 0 Å². The molecule has 0 saturated carbocycles. The van der Waals surface area contributed by atoms with Crippen molar-refractivity contribution >= 4 is 28.2 Å². The largest absolute Gasteiger partial charge is 0.0826 e. The van der Waals surface area contributed by atoms with Gasteiger partial charge in [0, 0.05) is 10.8 Å². The highest BCUT2D eigenvalue weighted by Gasteiger charge is 2.14. The van der Waals surface area contributed by atoms with Crippen LogP contribution in [0, 0.1) is 0 Å². The first-order valence-electron chi connectivity index (χ1n) is 7.67. The van der Waals surface area contributed by atoms with Crippen LogP contribution in [0.2, 0.25) is 0 Å². The third-order valence-electron chi connectivity index (χ3n) is 3.90. The van der Waals surface area contributed by atoms with E-state index in [1.165, 1.54) is 16.0 Å². The molecule has 0 bridgehead atoms. The molecule has 0 spiro atoms. The van der Waals surface area contributed by atoms with Gasteiger partial charge in [0.25, 0.3) is 0 Å². The first-order chi connectivity index (χ1) is 11.3. The molecule has 3 aromatic carbocycles. The van der Waals surface area contributed by atoms with Gasteiger partial charge in [0.15, 0.2) is 0 Å². The predicted molar refractivity (Wildman–Crippen MR) is 104 cm³/mol. The molecular formula is C21H18S2. The highest BCUT2D eigenvalue weighted by Crippen LogP contribution is 2.34. The number of thiocarbonyl (C=S) groups is 1. The van der Waals surface area contributed by atoms with Gasteiger partial charge in [-0.1, -0.05) is 110 Å². The van der Waals surface area contributed by atoms with Gasteiger partial charge >= 0.3 is 0 Å². The number of hydrogen-bond acceptors (Lipinski definition) is 2. The minimum atomic E-state index is 0.346. The molecule has 0 fully saturated rings. The van der Waals surface area contributed by atoms with E-state index in [9.17, 15) is 0 Å². The Bertz CT molecular complexity index is 779. The van der Waals surface area contributed by atoms with Gasteiger partial charge in [-0.2, -0.15) is 0 Å². The molecule has 3 rings (SSSR count). The van der Waals surface area contributed by atoms with E-state index in [1.54, 1.807) is 11.8 Å². The fourth-order valence-corrected chi connectivity index (χ4v) is 3.95. The van der Waals surface area contributed by atoms with E-state index >= 15 is 0 Å². The van der Waals surface area contributed by atoms with Gasteiger partial charge in [-0.3, -0.25) is 0 Å². The fourth-order valence-electron chi connectivity index (χ4n) is 2.59. The fraction of sp³-hybridized carbons (Fsp3) is 0.0952. The number of rotatable bonds is 4. The molecular weight excluding hydrogens is 316 g/mol. The minimum absolute atomic E-state index is 0.346. The first-order valence-corrected chi connectivity index (χ1v) is 8.89. The summed E-state index contributed by atoms with van der Waals surface area (Å²) in [4.78, 5) is 1.23. The monoisotopic (exact) mass is 334 g/mol. The number of hydrogen-bond donors (Lipinski definition) is 0. The summed E-state index contributed by atoms with van der Waals surface area (Å²) in [5.41, 5.74) is 3.75. The van der Waals surface area contributed by atoms with Gasteiger partial charge in [0.2, 0.25) is 0 Å². The summed E-state index contributed by atoms with van der Waals surface area (Å²) in [7, 11) is 0. The van der Waals surface area contributed by atoms with Crippen molar-refractivity contribution in [3.8, 4) is 0 Å². The van der Waals surface area contributed by atoms with Gasteiger partial charge in [-0.15, -0.1) is 0 Å². The molecule has 0 radical (unpaired) electrons. The second-order valence-corrected chi connectivity index (χ2v) is 7.14. The Morgan fingerprint density at radius 1 is 0.783 bits per heavy atom. The van der Waals surface area contributed by atoms with Crippen molar-refractivity contribution in [3.05, 3.63) is 102 Å².